The van der Waals surface area contributed by atoms with Gasteiger partial charge in [0.1, 0.15) is 16.8 Å². The van der Waals surface area contributed by atoms with E-state index in [1.807, 2.05) is 6.07 Å². The van der Waals surface area contributed by atoms with Gasteiger partial charge < -0.3 is 10.1 Å². The number of methoxy groups -OCH3 is 1. The van der Waals surface area contributed by atoms with Crippen LogP contribution in [0.4, 0.5) is 5.69 Å². The molecule has 2 aromatic heterocycles. The van der Waals surface area contributed by atoms with Crippen LogP contribution in [0.1, 0.15) is 10.4 Å². The summed E-state index contributed by atoms with van der Waals surface area (Å²) in [6.45, 7) is 0. The molecule has 0 atom stereocenters. The summed E-state index contributed by atoms with van der Waals surface area (Å²) in [6, 6.07) is 10.5. The number of nitrogens with zero attached hydrogens (tertiary/aromatic N) is 3. The number of hydrogen-bond donors (Lipinski definition) is 2. The molecule has 0 bridgehead atoms. The van der Waals surface area contributed by atoms with Gasteiger partial charge in [-0.05, 0) is 30.3 Å². The molecule has 0 aliphatic rings. The maximum absolute atomic E-state index is 12.8. The van der Waals surface area contributed by atoms with Crippen LogP contribution in [0, 0.1) is 0 Å². The minimum atomic E-state index is -0.344. The number of carbonyl (C=O) groups excluding carboxylic acids is 1. The second-order valence-corrected chi connectivity index (χ2v) is 5.70. The molecule has 0 aliphatic carbocycles. The predicted molar refractivity (Wildman–Crippen MR) is 95.1 cm³/mol. The number of para-hydroxylation sites is 1. The number of anilines is 1. The van der Waals surface area contributed by atoms with Crippen LogP contribution in [0.15, 0.2) is 42.6 Å². The van der Waals surface area contributed by atoms with Crippen LogP contribution < -0.4 is 10.1 Å². The first-order valence-electron chi connectivity index (χ1n) is 7.41. The third-order valence-corrected chi connectivity index (χ3v) is 4.12. The summed E-state index contributed by atoms with van der Waals surface area (Å²) in [5, 5.41) is 14.5. The van der Waals surface area contributed by atoms with Gasteiger partial charge in [-0.15, -0.1) is 0 Å². The highest BCUT2D eigenvalue weighted by Crippen LogP contribution is 2.35. The number of benzene rings is 2. The van der Waals surface area contributed by atoms with Crippen LogP contribution in [0.25, 0.3) is 21.9 Å². The Balaban J connectivity index is 1.82. The van der Waals surface area contributed by atoms with Gasteiger partial charge in [-0.25, -0.2) is 0 Å². The van der Waals surface area contributed by atoms with E-state index in [1.165, 1.54) is 7.11 Å². The molecule has 4 aromatic rings. The normalized spacial score (nSPS) is 11.0. The number of amides is 1. The zero-order valence-corrected chi connectivity index (χ0v) is 13.8. The lowest BCUT2D eigenvalue weighted by atomic mass is 10.1. The average molecular weight is 354 g/mol. The first kappa shape index (κ1) is 15.3. The summed E-state index contributed by atoms with van der Waals surface area (Å²) >= 11 is 6.27. The van der Waals surface area contributed by atoms with Gasteiger partial charge >= 0.3 is 0 Å². The van der Waals surface area contributed by atoms with Gasteiger partial charge in [-0.1, -0.05) is 17.7 Å². The summed E-state index contributed by atoms with van der Waals surface area (Å²) in [6.07, 6.45) is 1.62. The maximum atomic E-state index is 12.8. The molecule has 0 saturated heterocycles. The smallest absolute Gasteiger partial charge is 0.257 e. The third kappa shape index (κ3) is 2.54. The van der Waals surface area contributed by atoms with Gasteiger partial charge in [0.25, 0.3) is 5.91 Å². The molecule has 8 heteroatoms. The Labute approximate surface area is 147 Å². The van der Waals surface area contributed by atoms with E-state index in [-0.39, 0.29) is 5.91 Å². The van der Waals surface area contributed by atoms with Crippen molar-refractivity contribution in [2.24, 2.45) is 0 Å². The highest BCUT2D eigenvalue weighted by molar-refractivity contribution is 6.34. The first-order chi connectivity index (χ1) is 12.2. The molecular formula is C17H12ClN5O2. The van der Waals surface area contributed by atoms with Crippen molar-refractivity contribution in [3.63, 3.8) is 0 Å². The number of rotatable bonds is 3. The van der Waals surface area contributed by atoms with E-state index in [0.29, 0.717) is 44.0 Å². The van der Waals surface area contributed by atoms with Crippen molar-refractivity contribution in [1.82, 2.24) is 20.4 Å². The van der Waals surface area contributed by atoms with Crippen molar-refractivity contribution >= 4 is 45.1 Å². The van der Waals surface area contributed by atoms with Gasteiger partial charge in [0.05, 0.1) is 28.9 Å². The fourth-order valence-corrected chi connectivity index (χ4v) is 3.02. The standard InChI is InChI=1S/C17H12ClN5O2/c1-25-16-9-4-3-7-19-14(9)10(8-11(16)18)17(24)20-12-5-2-6-13-15(12)22-23-21-13/h2-8H,1H3,(H,20,24)(H,21,22,23). The molecule has 2 N–H and O–H groups in total. The van der Waals surface area contributed by atoms with E-state index < -0.39 is 0 Å². The summed E-state index contributed by atoms with van der Waals surface area (Å²) in [7, 11) is 1.53. The molecule has 7 nitrogen and oxygen atoms in total. The number of H-pyrrole nitrogens is 1. The largest absolute Gasteiger partial charge is 0.494 e. The number of carbonyl (C=O) groups is 1. The zero-order chi connectivity index (χ0) is 17.4. The molecule has 0 fully saturated rings. The Morgan fingerprint density at radius 1 is 1.20 bits per heavy atom. The van der Waals surface area contributed by atoms with Gasteiger partial charge in [-0.3, -0.25) is 9.78 Å². The quantitative estimate of drug-likeness (QED) is 0.588. The van der Waals surface area contributed by atoms with E-state index in [4.69, 9.17) is 16.3 Å². The lowest BCUT2D eigenvalue weighted by Gasteiger charge is -2.12. The van der Waals surface area contributed by atoms with Gasteiger partial charge in [-0.2, -0.15) is 15.4 Å². The highest BCUT2D eigenvalue weighted by atomic mass is 35.5. The SMILES string of the molecule is COc1c(Cl)cc(C(=O)Nc2cccc3n[nH]nc23)c2ncccc12. The number of halogens is 1. The van der Waals surface area contributed by atoms with Crippen LogP contribution >= 0.6 is 11.6 Å². The lowest BCUT2D eigenvalue weighted by molar-refractivity contribution is 0.102. The van der Waals surface area contributed by atoms with E-state index in [9.17, 15) is 4.79 Å². The zero-order valence-electron chi connectivity index (χ0n) is 13.1. The fourth-order valence-electron chi connectivity index (χ4n) is 2.73. The number of nitrogens with one attached hydrogen (secondary N) is 2. The van der Waals surface area contributed by atoms with E-state index in [1.54, 1.807) is 36.5 Å². The Morgan fingerprint density at radius 2 is 2.08 bits per heavy atom. The van der Waals surface area contributed by atoms with E-state index in [2.05, 4.69) is 25.7 Å². The Bertz CT molecular complexity index is 1110. The summed E-state index contributed by atoms with van der Waals surface area (Å²) in [5.41, 5.74) is 2.64. The van der Waals surface area contributed by atoms with Crippen molar-refractivity contribution in [3.05, 3.63) is 53.2 Å². The van der Waals surface area contributed by atoms with Gasteiger partial charge in [0, 0.05) is 11.6 Å². The summed E-state index contributed by atoms with van der Waals surface area (Å²) in [5.74, 6) is 0.142. The fraction of sp³-hybridized carbons (Fsp3) is 0.0588. The number of ether oxygens (including phenoxy) is 1. The highest BCUT2D eigenvalue weighted by Gasteiger charge is 2.18. The number of hydrogen-bond acceptors (Lipinski definition) is 5. The van der Waals surface area contributed by atoms with Crippen molar-refractivity contribution in [1.29, 1.82) is 0 Å². The molecule has 25 heavy (non-hydrogen) atoms. The summed E-state index contributed by atoms with van der Waals surface area (Å²) in [4.78, 5) is 17.1. The average Bonchev–Trinajstić information content (AvgIpc) is 3.11. The number of fused-ring (bicyclic) bond motifs is 2. The molecule has 124 valence electrons. The molecule has 0 saturated carbocycles. The molecule has 0 aliphatic heterocycles. The van der Waals surface area contributed by atoms with Crippen molar-refractivity contribution in [3.8, 4) is 5.75 Å². The van der Waals surface area contributed by atoms with Crippen molar-refractivity contribution in [2.45, 2.75) is 0 Å². The first-order valence-corrected chi connectivity index (χ1v) is 7.79. The topological polar surface area (TPSA) is 92.8 Å². The number of pyridine rings is 1. The Kier molecular flexibility index (Phi) is 3.70. The maximum Gasteiger partial charge on any atom is 0.257 e. The van der Waals surface area contributed by atoms with Crippen LogP contribution in [-0.4, -0.2) is 33.4 Å². The van der Waals surface area contributed by atoms with Gasteiger partial charge in [0.2, 0.25) is 0 Å². The lowest BCUT2D eigenvalue weighted by Crippen LogP contribution is -2.13. The molecule has 4 rings (SSSR count). The molecular weight excluding hydrogens is 342 g/mol. The molecule has 2 aromatic carbocycles. The second kappa shape index (κ2) is 6.03. The van der Waals surface area contributed by atoms with Crippen LogP contribution in [0.3, 0.4) is 0 Å². The number of aromatic amines is 1. The minimum absolute atomic E-state index is 0.341. The van der Waals surface area contributed by atoms with Crippen LogP contribution in [0.2, 0.25) is 5.02 Å². The van der Waals surface area contributed by atoms with Crippen molar-refractivity contribution < 1.29 is 9.53 Å². The van der Waals surface area contributed by atoms with E-state index in [0.717, 1.165) is 0 Å². The second-order valence-electron chi connectivity index (χ2n) is 5.29. The molecule has 1 amide bonds. The van der Waals surface area contributed by atoms with Crippen molar-refractivity contribution in [2.75, 3.05) is 12.4 Å². The Hall–Kier alpha value is -3.19. The number of aromatic nitrogens is 4. The molecule has 0 unspecified atom stereocenters. The third-order valence-electron chi connectivity index (χ3n) is 3.84. The minimum Gasteiger partial charge on any atom is -0.494 e. The monoisotopic (exact) mass is 353 g/mol. The van der Waals surface area contributed by atoms with E-state index >= 15 is 0 Å². The molecule has 2 heterocycles. The predicted octanol–water partition coefficient (Wildman–Crippen LogP) is 3.42. The van der Waals surface area contributed by atoms with Crippen LogP contribution in [-0.2, 0) is 0 Å². The Morgan fingerprint density at radius 3 is 2.92 bits per heavy atom. The molecule has 0 spiro atoms. The van der Waals surface area contributed by atoms with Gasteiger partial charge in [0.15, 0.2) is 0 Å². The molecule has 0 radical (unpaired) electrons. The summed E-state index contributed by atoms with van der Waals surface area (Å²) < 4.78 is 5.33. The van der Waals surface area contributed by atoms with Crippen LogP contribution in [0.5, 0.6) is 5.75 Å².